The standard InChI is InChI=1S/C17H15N3/c1-3-16-18-19-17(14-10-5-4-6-11-14)20(16)15-12-8-7-9-13(15)2/h3-12H,1H2,2H3. The first-order valence-corrected chi connectivity index (χ1v) is 6.50. The fourth-order valence-electron chi connectivity index (χ4n) is 2.25. The lowest BCUT2D eigenvalue weighted by atomic mass is 10.1. The maximum absolute atomic E-state index is 4.32. The van der Waals surface area contributed by atoms with Gasteiger partial charge in [-0.25, -0.2) is 0 Å². The van der Waals surface area contributed by atoms with Crippen molar-refractivity contribution in [3.05, 3.63) is 72.6 Å². The van der Waals surface area contributed by atoms with Crippen molar-refractivity contribution in [1.29, 1.82) is 0 Å². The van der Waals surface area contributed by atoms with Crippen LogP contribution in [-0.4, -0.2) is 14.8 Å². The van der Waals surface area contributed by atoms with Crippen LogP contribution in [0.15, 0.2) is 61.2 Å². The fraction of sp³-hybridized carbons (Fsp3) is 0.0588. The van der Waals surface area contributed by atoms with E-state index in [1.165, 1.54) is 5.56 Å². The largest absolute Gasteiger partial charge is 0.275 e. The van der Waals surface area contributed by atoms with Crippen LogP contribution in [0.3, 0.4) is 0 Å². The molecule has 2 aromatic carbocycles. The van der Waals surface area contributed by atoms with Gasteiger partial charge < -0.3 is 0 Å². The van der Waals surface area contributed by atoms with Crippen LogP contribution < -0.4 is 0 Å². The predicted octanol–water partition coefficient (Wildman–Crippen LogP) is 3.89. The fourth-order valence-corrected chi connectivity index (χ4v) is 2.25. The third-order valence-electron chi connectivity index (χ3n) is 3.26. The summed E-state index contributed by atoms with van der Waals surface area (Å²) in [4.78, 5) is 0. The molecule has 0 fully saturated rings. The summed E-state index contributed by atoms with van der Waals surface area (Å²) in [6.07, 6.45) is 1.73. The van der Waals surface area contributed by atoms with Crippen LogP contribution in [-0.2, 0) is 0 Å². The molecule has 0 amide bonds. The third kappa shape index (κ3) is 2.03. The van der Waals surface area contributed by atoms with Crippen LogP contribution in [0, 0.1) is 6.92 Å². The maximum atomic E-state index is 4.32. The van der Waals surface area contributed by atoms with Gasteiger partial charge in [0.1, 0.15) is 0 Å². The highest BCUT2D eigenvalue weighted by atomic mass is 15.3. The molecule has 0 saturated carbocycles. The van der Waals surface area contributed by atoms with Gasteiger partial charge in [0.2, 0.25) is 0 Å². The Hall–Kier alpha value is -2.68. The van der Waals surface area contributed by atoms with Gasteiger partial charge in [-0.2, -0.15) is 0 Å². The Labute approximate surface area is 118 Å². The van der Waals surface area contributed by atoms with Gasteiger partial charge in [-0.05, 0) is 24.6 Å². The number of nitrogens with zero attached hydrogens (tertiary/aromatic N) is 3. The minimum absolute atomic E-state index is 0.748. The summed E-state index contributed by atoms with van der Waals surface area (Å²) in [7, 11) is 0. The number of hydrogen-bond donors (Lipinski definition) is 0. The van der Waals surface area contributed by atoms with Crippen LogP contribution in [0.5, 0.6) is 0 Å². The SMILES string of the molecule is C=Cc1nnc(-c2ccccc2)n1-c1ccccc1C. The second-order valence-electron chi connectivity index (χ2n) is 4.57. The number of para-hydroxylation sites is 1. The molecule has 3 heteroatoms. The average molecular weight is 261 g/mol. The summed E-state index contributed by atoms with van der Waals surface area (Å²) in [5.74, 6) is 1.58. The third-order valence-corrected chi connectivity index (χ3v) is 3.26. The molecule has 3 rings (SSSR count). The van der Waals surface area contributed by atoms with Crippen molar-refractivity contribution in [3.8, 4) is 17.1 Å². The van der Waals surface area contributed by atoms with E-state index in [0.717, 1.165) is 22.9 Å². The molecule has 0 saturated heterocycles. The highest BCUT2D eigenvalue weighted by Crippen LogP contribution is 2.24. The van der Waals surface area contributed by atoms with Gasteiger partial charge in [-0.1, -0.05) is 55.1 Å². The first-order valence-electron chi connectivity index (χ1n) is 6.50. The summed E-state index contributed by atoms with van der Waals surface area (Å²) >= 11 is 0. The molecule has 3 nitrogen and oxygen atoms in total. The van der Waals surface area contributed by atoms with E-state index in [1.54, 1.807) is 6.08 Å². The van der Waals surface area contributed by atoms with E-state index >= 15 is 0 Å². The van der Waals surface area contributed by atoms with Crippen LogP contribution in [0.2, 0.25) is 0 Å². The molecule has 0 atom stereocenters. The Morgan fingerprint density at radius 3 is 2.35 bits per heavy atom. The Morgan fingerprint density at radius 1 is 0.950 bits per heavy atom. The lowest BCUT2D eigenvalue weighted by Crippen LogP contribution is -2.01. The van der Waals surface area contributed by atoms with Crippen molar-refractivity contribution in [2.45, 2.75) is 6.92 Å². The Bertz CT molecular complexity index is 742. The molecule has 0 aliphatic carbocycles. The molecule has 0 unspecified atom stereocenters. The molecule has 3 aromatic rings. The van der Waals surface area contributed by atoms with E-state index in [2.05, 4.69) is 35.8 Å². The lowest BCUT2D eigenvalue weighted by Gasteiger charge is -2.11. The number of benzene rings is 2. The normalized spacial score (nSPS) is 10.4. The van der Waals surface area contributed by atoms with E-state index in [4.69, 9.17) is 0 Å². The second kappa shape index (κ2) is 5.13. The Balaban J connectivity index is 2.27. The molecule has 0 N–H and O–H groups in total. The molecule has 0 aliphatic heterocycles. The van der Waals surface area contributed by atoms with Crippen LogP contribution in [0.25, 0.3) is 23.2 Å². The van der Waals surface area contributed by atoms with Crippen molar-refractivity contribution < 1.29 is 0 Å². The van der Waals surface area contributed by atoms with Gasteiger partial charge in [0.05, 0.1) is 5.69 Å². The van der Waals surface area contributed by atoms with Gasteiger partial charge in [-0.3, -0.25) is 4.57 Å². The highest BCUT2D eigenvalue weighted by molar-refractivity contribution is 5.62. The van der Waals surface area contributed by atoms with E-state index in [0.29, 0.717) is 0 Å². The summed E-state index contributed by atoms with van der Waals surface area (Å²) in [6, 6.07) is 18.3. The minimum atomic E-state index is 0.748. The smallest absolute Gasteiger partial charge is 0.168 e. The average Bonchev–Trinajstić information content (AvgIpc) is 2.92. The monoisotopic (exact) mass is 261 g/mol. The van der Waals surface area contributed by atoms with Gasteiger partial charge in [0, 0.05) is 5.56 Å². The zero-order valence-electron chi connectivity index (χ0n) is 11.3. The molecule has 1 heterocycles. The van der Waals surface area contributed by atoms with E-state index in [9.17, 15) is 0 Å². The molecule has 0 bridgehead atoms. The van der Waals surface area contributed by atoms with E-state index in [1.807, 2.05) is 47.0 Å². The topological polar surface area (TPSA) is 30.7 Å². The van der Waals surface area contributed by atoms with Crippen LogP contribution >= 0.6 is 0 Å². The zero-order chi connectivity index (χ0) is 13.9. The Kier molecular flexibility index (Phi) is 3.17. The predicted molar refractivity (Wildman–Crippen MR) is 81.6 cm³/mol. The van der Waals surface area contributed by atoms with Crippen molar-refractivity contribution >= 4 is 6.08 Å². The molecule has 0 radical (unpaired) electrons. The number of aromatic nitrogens is 3. The number of hydrogen-bond acceptors (Lipinski definition) is 2. The summed E-state index contributed by atoms with van der Waals surface area (Å²) in [6.45, 7) is 5.91. The van der Waals surface area contributed by atoms with Crippen molar-refractivity contribution in [2.75, 3.05) is 0 Å². The molecular formula is C17H15N3. The first kappa shape index (κ1) is 12.4. The quantitative estimate of drug-likeness (QED) is 0.716. The first-order chi connectivity index (χ1) is 9.81. The molecule has 98 valence electrons. The zero-order valence-corrected chi connectivity index (χ0v) is 11.3. The minimum Gasteiger partial charge on any atom is -0.275 e. The molecule has 0 spiro atoms. The maximum Gasteiger partial charge on any atom is 0.168 e. The van der Waals surface area contributed by atoms with Crippen LogP contribution in [0.1, 0.15) is 11.4 Å². The molecule has 0 aliphatic rings. The van der Waals surface area contributed by atoms with Gasteiger partial charge in [-0.15, -0.1) is 10.2 Å². The van der Waals surface area contributed by atoms with Gasteiger partial charge in [0.25, 0.3) is 0 Å². The summed E-state index contributed by atoms with van der Waals surface area (Å²) < 4.78 is 2.04. The van der Waals surface area contributed by atoms with Crippen molar-refractivity contribution in [2.24, 2.45) is 0 Å². The Morgan fingerprint density at radius 2 is 1.65 bits per heavy atom. The molecular weight excluding hydrogens is 246 g/mol. The highest BCUT2D eigenvalue weighted by Gasteiger charge is 2.14. The van der Waals surface area contributed by atoms with Crippen LogP contribution in [0.4, 0.5) is 0 Å². The molecule has 1 aromatic heterocycles. The van der Waals surface area contributed by atoms with Gasteiger partial charge in [0.15, 0.2) is 11.6 Å². The lowest BCUT2D eigenvalue weighted by molar-refractivity contribution is 1.02. The summed E-state index contributed by atoms with van der Waals surface area (Å²) in [5, 5.41) is 8.54. The van der Waals surface area contributed by atoms with Crippen molar-refractivity contribution in [3.63, 3.8) is 0 Å². The molecule has 20 heavy (non-hydrogen) atoms. The van der Waals surface area contributed by atoms with Crippen molar-refractivity contribution in [1.82, 2.24) is 14.8 Å². The van der Waals surface area contributed by atoms with E-state index < -0.39 is 0 Å². The number of aryl methyl sites for hydroxylation is 1. The second-order valence-corrected chi connectivity index (χ2v) is 4.57. The number of rotatable bonds is 3. The van der Waals surface area contributed by atoms with Gasteiger partial charge >= 0.3 is 0 Å². The summed E-state index contributed by atoms with van der Waals surface area (Å²) in [5.41, 5.74) is 3.29. The van der Waals surface area contributed by atoms with E-state index in [-0.39, 0.29) is 0 Å².